The molecule has 35 heavy (non-hydrogen) atoms. The van der Waals surface area contributed by atoms with Crippen LogP contribution in [-0.4, -0.2) is 32.0 Å². The summed E-state index contributed by atoms with van der Waals surface area (Å²) in [5.41, 5.74) is 1.53. The highest BCUT2D eigenvalue weighted by atomic mass is 35.5. The van der Waals surface area contributed by atoms with Crippen molar-refractivity contribution >= 4 is 62.9 Å². The summed E-state index contributed by atoms with van der Waals surface area (Å²) in [6.07, 6.45) is 1.45. The number of thiazole rings is 1. The lowest BCUT2D eigenvalue weighted by Crippen LogP contribution is -2.30. The van der Waals surface area contributed by atoms with E-state index in [2.05, 4.69) is 15.2 Å². The second-order valence-corrected chi connectivity index (χ2v) is 11.4. The van der Waals surface area contributed by atoms with Crippen LogP contribution in [0.25, 0.3) is 0 Å². The monoisotopic (exact) mass is 544 g/mol. The van der Waals surface area contributed by atoms with Crippen LogP contribution >= 0.6 is 46.0 Å². The number of halogens is 1. The van der Waals surface area contributed by atoms with Crippen molar-refractivity contribution in [3.63, 3.8) is 0 Å². The largest absolute Gasteiger partial charge is 0.503 e. The van der Waals surface area contributed by atoms with Crippen molar-refractivity contribution in [2.75, 3.05) is 4.90 Å². The Bertz CT molecular complexity index is 1440. The van der Waals surface area contributed by atoms with E-state index in [0.717, 1.165) is 5.56 Å². The number of carbonyl (C=O) groups excluding carboxylic acids is 2. The predicted molar refractivity (Wildman–Crippen MR) is 135 cm³/mol. The standard InChI is InChI=1S/C23H17ClN4O4S3/c1-11-20(34-12(2)25-11)18(29)16-17(15-4-3-9-32-15)28(21(31)19(16)30)22-26-27-23(35-22)33-10-13-5-7-14(24)8-6-13/h3-9,17,30H,10H2,1-2H3. The third-order valence-electron chi connectivity index (χ3n) is 5.25. The second kappa shape index (κ2) is 9.57. The summed E-state index contributed by atoms with van der Waals surface area (Å²) in [4.78, 5) is 32.6. The fourth-order valence-corrected chi connectivity index (χ4v) is 6.52. The molecule has 1 atom stereocenters. The van der Waals surface area contributed by atoms with Gasteiger partial charge in [0, 0.05) is 10.8 Å². The van der Waals surface area contributed by atoms with Crippen molar-refractivity contribution in [3.8, 4) is 0 Å². The Morgan fingerprint density at radius 2 is 1.97 bits per heavy atom. The van der Waals surface area contributed by atoms with Crippen LogP contribution in [0.1, 0.15) is 37.7 Å². The van der Waals surface area contributed by atoms with Crippen LogP contribution in [0.15, 0.2) is 62.8 Å². The van der Waals surface area contributed by atoms with Gasteiger partial charge in [-0.1, -0.05) is 46.8 Å². The molecular weight excluding hydrogens is 528 g/mol. The predicted octanol–water partition coefficient (Wildman–Crippen LogP) is 5.93. The number of aliphatic hydroxyl groups is 1. The number of hydrogen-bond donors (Lipinski definition) is 1. The smallest absolute Gasteiger partial charge is 0.296 e. The summed E-state index contributed by atoms with van der Waals surface area (Å²) in [7, 11) is 0. The number of amides is 1. The molecule has 1 aromatic carbocycles. The van der Waals surface area contributed by atoms with Crippen LogP contribution in [0, 0.1) is 13.8 Å². The molecule has 1 aliphatic rings. The maximum absolute atomic E-state index is 13.5. The maximum atomic E-state index is 13.5. The number of hydrogen-bond acceptors (Lipinski definition) is 10. The van der Waals surface area contributed by atoms with E-state index in [1.807, 2.05) is 24.3 Å². The number of aliphatic hydroxyl groups excluding tert-OH is 1. The number of ketones is 1. The molecule has 12 heteroatoms. The number of Topliss-reactive ketones (excluding diaryl/α,β-unsaturated/α-hetero) is 1. The van der Waals surface area contributed by atoms with Gasteiger partial charge >= 0.3 is 0 Å². The van der Waals surface area contributed by atoms with Crippen LogP contribution in [-0.2, 0) is 10.5 Å². The summed E-state index contributed by atoms with van der Waals surface area (Å²) in [5.74, 6) is -0.870. The van der Waals surface area contributed by atoms with Crippen LogP contribution in [0.2, 0.25) is 5.02 Å². The topological polar surface area (TPSA) is 109 Å². The van der Waals surface area contributed by atoms with E-state index in [-0.39, 0.29) is 10.7 Å². The number of anilines is 1. The van der Waals surface area contributed by atoms with E-state index < -0.39 is 23.5 Å². The van der Waals surface area contributed by atoms with Gasteiger partial charge in [-0.15, -0.1) is 21.5 Å². The van der Waals surface area contributed by atoms with E-state index in [0.29, 0.717) is 36.5 Å². The molecular formula is C23H17ClN4O4S3. The number of thioether (sulfide) groups is 1. The highest BCUT2D eigenvalue weighted by Crippen LogP contribution is 2.44. The van der Waals surface area contributed by atoms with Gasteiger partial charge < -0.3 is 9.52 Å². The third kappa shape index (κ3) is 4.52. The number of rotatable bonds is 7. The van der Waals surface area contributed by atoms with Gasteiger partial charge in [-0.2, -0.15) is 0 Å². The molecule has 4 heterocycles. The van der Waals surface area contributed by atoms with Crippen LogP contribution in [0.3, 0.4) is 0 Å². The molecule has 0 aliphatic carbocycles. The van der Waals surface area contributed by atoms with Gasteiger partial charge in [0.25, 0.3) is 5.91 Å². The number of furan rings is 1. The van der Waals surface area contributed by atoms with Crippen molar-refractivity contribution in [2.24, 2.45) is 0 Å². The second-order valence-electron chi connectivity index (χ2n) is 7.60. The van der Waals surface area contributed by atoms with E-state index in [1.165, 1.54) is 45.6 Å². The zero-order chi connectivity index (χ0) is 24.7. The summed E-state index contributed by atoms with van der Waals surface area (Å²) >= 11 is 9.82. The lowest BCUT2D eigenvalue weighted by Gasteiger charge is -2.21. The summed E-state index contributed by atoms with van der Waals surface area (Å²) in [5, 5.41) is 20.8. The molecule has 1 N–H and O–H groups in total. The van der Waals surface area contributed by atoms with Crippen molar-refractivity contribution in [3.05, 3.63) is 85.9 Å². The molecule has 5 rings (SSSR count). The first-order valence-electron chi connectivity index (χ1n) is 10.3. The average molecular weight is 545 g/mol. The number of carbonyl (C=O) groups is 2. The Hall–Kier alpha value is -2.99. The molecule has 4 aromatic rings. The fraction of sp³-hybridized carbons (Fsp3) is 0.174. The number of benzene rings is 1. The SMILES string of the molecule is Cc1nc(C)c(C(=O)C2=C(O)C(=O)N(c3nnc(SCc4ccc(Cl)cc4)s3)C2c2ccco2)s1. The molecule has 8 nitrogen and oxygen atoms in total. The van der Waals surface area contributed by atoms with Gasteiger partial charge in [0.15, 0.2) is 10.1 Å². The van der Waals surface area contributed by atoms with E-state index in [1.54, 1.807) is 26.0 Å². The van der Waals surface area contributed by atoms with Crippen LogP contribution < -0.4 is 4.90 Å². The fourth-order valence-electron chi connectivity index (χ4n) is 3.70. The molecule has 0 bridgehead atoms. The van der Waals surface area contributed by atoms with Crippen LogP contribution in [0.5, 0.6) is 0 Å². The molecule has 0 radical (unpaired) electrons. The molecule has 1 unspecified atom stereocenters. The first kappa shape index (κ1) is 23.7. The minimum absolute atomic E-state index is 0.0673. The third-order valence-corrected chi connectivity index (χ3v) is 8.70. The van der Waals surface area contributed by atoms with E-state index in [4.69, 9.17) is 16.0 Å². The van der Waals surface area contributed by atoms with Gasteiger partial charge in [-0.25, -0.2) is 4.98 Å². The van der Waals surface area contributed by atoms with Gasteiger partial charge in [0.05, 0.1) is 27.4 Å². The molecule has 0 spiro atoms. The first-order valence-corrected chi connectivity index (χ1v) is 13.3. The molecule has 3 aromatic heterocycles. The van der Waals surface area contributed by atoms with Gasteiger partial charge in [0.1, 0.15) is 11.8 Å². The quantitative estimate of drug-likeness (QED) is 0.173. The lowest BCUT2D eigenvalue weighted by atomic mass is 10.00. The molecule has 1 aliphatic heterocycles. The van der Waals surface area contributed by atoms with E-state index >= 15 is 0 Å². The lowest BCUT2D eigenvalue weighted by molar-refractivity contribution is -0.117. The molecule has 0 fully saturated rings. The van der Waals surface area contributed by atoms with Crippen LogP contribution in [0.4, 0.5) is 5.13 Å². The number of nitrogens with zero attached hydrogens (tertiary/aromatic N) is 4. The van der Waals surface area contributed by atoms with E-state index in [9.17, 15) is 14.7 Å². The first-order chi connectivity index (χ1) is 16.8. The Balaban J connectivity index is 1.46. The zero-order valence-electron chi connectivity index (χ0n) is 18.4. The normalized spacial score (nSPS) is 15.9. The highest BCUT2D eigenvalue weighted by molar-refractivity contribution is 8.00. The Labute approximate surface area is 217 Å². The summed E-state index contributed by atoms with van der Waals surface area (Å²) in [6, 6.07) is 9.82. The minimum Gasteiger partial charge on any atom is -0.503 e. The number of aryl methyl sites for hydroxylation is 2. The van der Waals surface area contributed by atoms with Crippen molar-refractivity contribution in [1.29, 1.82) is 0 Å². The molecule has 178 valence electrons. The summed E-state index contributed by atoms with van der Waals surface area (Å²) in [6.45, 7) is 3.52. The molecule has 1 amide bonds. The Kier molecular flexibility index (Phi) is 6.49. The van der Waals surface area contributed by atoms with Crippen molar-refractivity contribution in [1.82, 2.24) is 15.2 Å². The van der Waals surface area contributed by atoms with Gasteiger partial charge in [0.2, 0.25) is 10.9 Å². The van der Waals surface area contributed by atoms with Gasteiger partial charge in [-0.3, -0.25) is 14.5 Å². The maximum Gasteiger partial charge on any atom is 0.296 e. The number of aromatic nitrogens is 3. The zero-order valence-corrected chi connectivity index (χ0v) is 21.6. The Morgan fingerprint density at radius 3 is 2.63 bits per heavy atom. The highest BCUT2D eigenvalue weighted by Gasteiger charge is 2.48. The molecule has 0 saturated carbocycles. The molecule has 0 saturated heterocycles. The average Bonchev–Trinajstić information content (AvgIpc) is 3.62. The van der Waals surface area contributed by atoms with Gasteiger partial charge in [-0.05, 0) is 43.7 Å². The minimum atomic E-state index is -0.978. The summed E-state index contributed by atoms with van der Waals surface area (Å²) < 4.78 is 6.21. The van der Waals surface area contributed by atoms with Crippen molar-refractivity contribution in [2.45, 2.75) is 30.0 Å². The Morgan fingerprint density at radius 1 is 1.20 bits per heavy atom. The van der Waals surface area contributed by atoms with Crippen molar-refractivity contribution < 1.29 is 19.1 Å².